The summed E-state index contributed by atoms with van der Waals surface area (Å²) in [4.78, 5) is 4.57. The summed E-state index contributed by atoms with van der Waals surface area (Å²) in [6.07, 6.45) is 2.73. The average Bonchev–Trinajstić information content (AvgIpc) is 2.97. The number of hydrogen-bond donors (Lipinski definition) is 0. The van der Waals surface area contributed by atoms with E-state index in [-0.39, 0.29) is 0 Å². The lowest BCUT2D eigenvalue weighted by Gasteiger charge is -2.44. The van der Waals surface area contributed by atoms with Crippen molar-refractivity contribution >= 4 is 11.0 Å². The minimum atomic E-state index is 0.718. The van der Waals surface area contributed by atoms with Gasteiger partial charge in [-0.15, -0.1) is 5.10 Å². The molecule has 5 nitrogen and oxygen atoms in total. The summed E-state index contributed by atoms with van der Waals surface area (Å²) in [5.74, 6) is 0. The number of hydrogen-bond acceptors (Lipinski definition) is 4. The maximum Gasteiger partial charge on any atom is 0.115 e. The molecule has 2 fully saturated rings. The van der Waals surface area contributed by atoms with Gasteiger partial charge in [-0.25, -0.2) is 0 Å². The molecular formula is C13H17N5. The van der Waals surface area contributed by atoms with E-state index in [1.54, 1.807) is 0 Å². The van der Waals surface area contributed by atoms with Crippen LogP contribution in [0.3, 0.4) is 0 Å². The number of benzene rings is 1. The molecule has 94 valence electrons. The van der Waals surface area contributed by atoms with Crippen molar-refractivity contribution in [2.45, 2.75) is 18.9 Å². The van der Waals surface area contributed by atoms with Gasteiger partial charge in [0.15, 0.2) is 0 Å². The maximum absolute atomic E-state index is 4.25. The molecule has 18 heavy (non-hydrogen) atoms. The van der Waals surface area contributed by atoms with Crippen LogP contribution in [0.1, 0.15) is 12.8 Å². The van der Waals surface area contributed by atoms with E-state index in [1.807, 2.05) is 23.0 Å². The molecule has 1 aromatic carbocycles. The van der Waals surface area contributed by atoms with Crippen LogP contribution in [-0.4, -0.2) is 52.2 Å². The van der Waals surface area contributed by atoms with Gasteiger partial charge >= 0.3 is 0 Å². The van der Waals surface area contributed by atoms with Crippen LogP contribution >= 0.6 is 0 Å². The molecule has 0 N–H and O–H groups in total. The normalized spacial score (nSPS) is 21.7. The lowest BCUT2D eigenvalue weighted by Crippen LogP contribution is -2.63. The van der Waals surface area contributed by atoms with Crippen LogP contribution in [0.25, 0.3) is 11.0 Å². The first-order chi connectivity index (χ1) is 8.92. The van der Waals surface area contributed by atoms with Gasteiger partial charge in [0.05, 0.1) is 13.1 Å². The van der Waals surface area contributed by atoms with Crippen LogP contribution in [-0.2, 0) is 0 Å². The van der Waals surface area contributed by atoms with Crippen LogP contribution in [0.2, 0.25) is 0 Å². The number of rotatable bonds is 2. The van der Waals surface area contributed by atoms with Gasteiger partial charge in [0.1, 0.15) is 11.0 Å². The molecule has 2 aliphatic rings. The number of para-hydroxylation sites is 1. The van der Waals surface area contributed by atoms with Gasteiger partial charge in [-0.05, 0) is 43.3 Å². The van der Waals surface area contributed by atoms with E-state index in [4.69, 9.17) is 0 Å². The molecule has 0 spiro atoms. The molecule has 2 saturated heterocycles. The Morgan fingerprint density at radius 2 is 1.83 bits per heavy atom. The molecule has 0 aliphatic carbocycles. The Kier molecular flexibility index (Phi) is 2.26. The summed E-state index contributed by atoms with van der Waals surface area (Å²) in [7, 11) is 0. The zero-order valence-corrected chi connectivity index (χ0v) is 10.4. The van der Waals surface area contributed by atoms with E-state index in [1.165, 1.54) is 25.9 Å². The number of likely N-dealkylation sites (tertiary alicyclic amines) is 1. The molecule has 3 heterocycles. The highest BCUT2D eigenvalue weighted by molar-refractivity contribution is 5.74. The van der Waals surface area contributed by atoms with Gasteiger partial charge in [0.2, 0.25) is 0 Å². The summed E-state index contributed by atoms with van der Waals surface area (Å²) >= 11 is 0. The smallest absolute Gasteiger partial charge is 0.115 e. The third-order valence-corrected chi connectivity index (χ3v) is 4.10. The first-order valence-electron chi connectivity index (χ1n) is 6.71. The molecule has 0 radical (unpaired) electrons. The predicted octanol–water partition coefficient (Wildman–Crippen LogP) is 0.847. The van der Waals surface area contributed by atoms with E-state index >= 15 is 0 Å². The third kappa shape index (κ3) is 1.50. The van der Waals surface area contributed by atoms with Crippen molar-refractivity contribution < 1.29 is 0 Å². The van der Waals surface area contributed by atoms with Gasteiger partial charge < -0.3 is 0 Å². The third-order valence-electron chi connectivity index (χ3n) is 4.10. The van der Waals surface area contributed by atoms with Crippen molar-refractivity contribution in [2.75, 3.05) is 31.2 Å². The first-order valence-corrected chi connectivity index (χ1v) is 6.71. The monoisotopic (exact) mass is 243 g/mol. The van der Waals surface area contributed by atoms with E-state index in [0.717, 1.165) is 30.2 Å². The predicted molar refractivity (Wildman–Crippen MR) is 70.1 cm³/mol. The SMILES string of the molecule is c1ccc2c(c1)nnn2N1CC(N2CCCC2)C1. The van der Waals surface area contributed by atoms with Crippen LogP contribution in [0.15, 0.2) is 24.3 Å². The molecule has 0 saturated carbocycles. The Morgan fingerprint density at radius 1 is 1.06 bits per heavy atom. The number of nitrogens with zero attached hydrogens (tertiary/aromatic N) is 5. The topological polar surface area (TPSA) is 37.2 Å². The van der Waals surface area contributed by atoms with Crippen LogP contribution in [0.5, 0.6) is 0 Å². The Morgan fingerprint density at radius 3 is 2.67 bits per heavy atom. The quantitative estimate of drug-likeness (QED) is 0.783. The van der Waals surface area contributed by atoms with Crippen molar-refractivity contribution in [1.29, 1.82) is 0 Å². The van der Waals surface area contributed by atoms with Gasteiger partial charge in [-0.2, -0.15) is 4.79 Å². The van der Waals surface area contributed by atoms with Gasteiger partial charge in [0, 0.05) is 6.04 Å². The van der Waals surface area contributed by atoms with E-state index in [2.05, 4.69) is 26.3 Å². The largest absolute Gasteiger partial charge is 0.297 e. The minimum Gasteiger partial charge on any atom is -0.297 e. The van der Waals surface area contributed by atoms with Crippen molar-refractivity contribution in [1.82, 2.24) is 20.0 Å². The second kappa shape index (κ2) is 3.95. The second-order valence-corrected chi connectivity index (χ2v) is 5.24. The highest BCUT2D eigenvalue weighted by Gasteiger charge is 2.34. The lowest BCUT2D eigenvalue weighted by molar-refractivity contribution is 0.176. The molecular weight excluding hydrogens is 226 g/mol. The zero-order valence-electron chi connectivity index (χ0n) is 10.4. The van der Waals surface area contributed by atoms with Crippen molar-refractivity contribution in [2.24, 2.45) is 0 Å². The van der Waals surface area contributed by atoms with Crippen molar-refractivity contribution in [3.8, 4) is 0 Å². The van der Waals surface area contributed by atoms with Crippen LogP contribution < -0.4 is 5.01 Å². The molecule has 0 unspecified atom stereocenters. The summed E-state index contributed by atoms with van der Waals surface area (Å²) in [5.41, 5.74) is 2.08. The molecule has 2 aromatic rings. The fourth-order valence-electron chi connectivity index (χ4n) is 2.99. The van der Waals surface area contributed by atoms with E-state index < -0.39 is 0 Å². The van der Waals surface area contributed by atoms with Crippen LogP contribution in [0.4, 0.5) is 0 Å². The molecule has 5 heteroatoms. The van der Waals surface area contributed by atoms with Crippen molar-refractivity contribution in [3.05, 3.63) is 24.3 Å². The summed E-state index contributed by atoms with van der Waals surface area (Å²) in [6, 6.07) is 8.86. The number of aromatic nitrogens is 3. The standard InChI is InChI=1S/C13H17N5/c1-2-6-13-12(5-1)14-15-18(13)17-9-11(10-17)16-7-3-4-8-16/h1-2,5-6,11H,3-4,7-10H2. The minimum absolute atomic E-state index is 0.718. The maximum atomic E-state index is 4.25. The Hall–Kier alpha value is -1.62. The molecule has 4 rings (SSSR count). The molecule has 0 amide bonds. The van der Waals surface area contributed by atoms with E-state index in [9.17, 15) is 0 Å². The van der Waals surface area contributed by atoms with Gasteiger partial charge in [-0.1, -0.05) is 12.1 Å². The molecule has 0 atom stereocenters. The summed E-state index contributed by atoms with van der Waals surface area (Å²) in [6.45, 7) is 4.70. The Labute approximate surface area is 106 Å². The lowest BCUT2D eigenvalue weighted by atomic mass is 10.1. The highest BCUT2D eigenvalue weighted by Crippen LogP contribution is 2.20. The van der Waals surface area contributed by atoms with Crippen molar-refractivity contribution in [3.63, 3.8) is 0 Å². The highest BCUT2D eigenvalue weighted by atomic mass is 15.7. The first kappa shape index (κ1) is 10.3. The fraction of sp³-hybridized carbons (Fsp3) is 0.538. The molecule has 0 bridgehead atoms. The van der Waals surface area contributed by atoms with E-state index in [0.29, 0.717) is 0 Å². The second-order valence-electron chi connectivity index (χ2n) is 5.24. The Balaban J connectivity index is 1.52. The van der Waals surface area contributed by atoms with Crippen LogP contribution in [0, 0.1) is 0 Å². The number of fused-ring (bicyclic) bond motifs is 1. The van der Waals surface area contributed by atoms with Gasteiger partial charge in [0.25, 0.3) is 0 Å². The fourth-order valence-corrected chi connectivity index (χ4v) is 2.99. The zero-order chi connectivity index (χ0) is 11.9. The molecule has 1 aromatic heterocycles. The average molecular weight is 243 g/mol. The summed E-state index contributed by atoms with van der Waals surface area (Å²) in [5, 5.41) is 10.7. The summed E-state index contributed by atoms with van der Waals surface area (Å²) < 4.78 is 0. The molecule has 2 aliphatic heterocycles. The Bertz CT molecular complexity index is 551. The van der Waals surface area contributed by atoms with Gasteiger partial charge in [-0.3, -0.25) is 9.91 Å².